The molecule has 0 heterocycles. The molecule has 6 nitrogen and oxygen atoms in total. The number of carbonyl (C=O) groups is 2. The van der Waals surface area contributed by atoms with Crippen molar-refractivity contribution in [1.82, 2.24) is 5.32 Å². The predicted molar refractivity (Wildman–Crippen MR) is 236 cm³/mol. The van der Waals surface area contributed by atoms with Crippen LogP contribution in [0.15, 0.2) is 36.5 Å². The predicted octanol–water partition coefficient (Wildman–Crippen LogP) is 13.7. The Balaban J connectivity index is 3.46. The number of rotatable bonds is 43. The van der Waals surface area contributed by atoms with Gasteiger partial charge in [0.1, 0.15) is 0 Å². The molecule has 0 aliphatic heterocycles. The van der Waals surface area contributed by atoms with Crippen LogP contribution < -0.4 is 5.32 Å². The summed E-state index contributed by atoms with van der Waals surface area (Å²) < 4.78 is 5.44. The molecule has 6 heteroatoms. The molecule has 0 aromatic carbocycles. The van der Waals surface area contributed by atoms with Crippen molar-refractivity contribution in [3.8, 4) is 0 Å². The van der Waals surface area contributed by atoms with Gasteiger partial charge in [0.25, 0.3) is 0 Å². The van der Waals surface area contributed by atoms with E-state index in [9.17, 15) is 19.8 Å². The lowest BCUT2D eigenvalue weighted by Gasteiger charge is -2.20. The van der Waals surface area contributed by atoms with Crippen LogP contribution in [0.25, 0.3) is 0 Å². The highest BCUT2D eigenvalue weighted by molar-refractivity contribution is 5.76. The lowest BCUT2D eigenvalue weighted by atomic mass is 10.0. The number of amides is 1. The van der Waals surface area contributed by atoms with Crippen LogP contribution in [-0.2, 0) is 14.3 Å². The number of esters is 1. The van der Waals surface area contributed by atoms with E-state index in [0.29, 0.717) is 19.4 Å². The second-order valence-electron chi connectivity index (χ2n) is 16.1. The Morgan fingerprint density at radius 1 is 0.509 bits per heavy atom. The highest BCUT2D eigenvalue weighted by Crippen LogP contribution is 2.15. The van der Waals surface area contributed by atoms with Gasteiger partial charge in [-0.2, -0.15) is 0 Å². The van der Waals surface area contributed by atoms with Crippen molar-refractivity contribution in [3.05, 3.63) is 36.5 Å². The Bertz CT molecular complexity index is 900. The van der Waals surface area contributed by atoms with E-state index >= 15 is 0 Å². The summed E-state index contributed by atoms with van der Waals surface area (Å²) >= 11 is 0. The molecule has 55 heavy (non-hydrogen) atoms. The molecule has 0 rings (SSSR count). The summed E-state index contributed by atoms with van der Waals surface area (Å²) in [5, 5.41) is 22.9. The summed E-state index contributed by atoms with van der Waals surface area (Å²) in [6.07, 6.45) is 52.8. The second kappa shape index (κ2) is 44.8. The Morgan fingerprint density at radius 2 is 0.945 bits per heavy atom. The molecule has 2 unspecified atom stereocenters. The van der Waals surface area contributed by atoms with Crippen molar-refractivity contribution in [2.24, 2.45) is 0 Å². The molecular weight excluding hydrogens is 683 g/mol. The molecule has 0 fully saturated rings. The fourth-order valence-corrected chi connectivity index (χ4v) is 6.96. The smallest absolute Gasteiger partial charge is 0.305 e. The van der Waals surface area contributed by atoms with Crippen molar-refractivity contribution in [2.45, 2.75) is 251 Å². The summed E-state index contributed by atoms with van der Waals surface area (Å²) in [5.74, 6) is -0.0973. The third kappa shape index (κ3) is 41.5. The summed E-state index contributed by atoms with van der Waals surface area (Å²) in [5.41, 5.74) is 0. The highest BCUT2D eigenvalue weighted by Gasteiger charge is 2.18. The summed E-state index contributed by atoms with van der Waals surface area (Å²) in [7, 11) is 0. The monoisotopic (exact) mass is 774 g/mol. The number of unbranched alkanes of at least 4 members (excludes halogenated alkanes) is 28. The fraction of sp³-hybridized carbons (Fsp3) is 0.837. The van der Waals surface area contributed by atoms with E-state index in [0.717, 1.165) is 64.2 Å². The first kappa shape index (κ1) is 53.1. The number of carbonyl (C=O) groups excluding carboxylic acids is 2. The number of aliphatic hydroxyl groups is 2. The third-order valence-electron chi connectivity index (χ3n) is 10.6. The molecule has 0 aliphatic rings. The maximum atomic E-state index is 12.4. The first-order valence-corrected chi connectivity index (χ1v) is 23.8. The number of hydrogen-bond donors (Lipinski definition) is 3. The third-order valence-corrected chi connectivity index (χ3v) is 10.6. The van der Waals surface area contributed by atoms with Crippen LogP contribution in [0.3, 0.4) is 0 Å². The maximum absolute atomic E-state index is 12.4. The molecule has 0 saturated carbocycles. The zero-order valence-corrected chi connectivity index (χ0v) is 36.4. The minimum absolute atomic E-state index is 0.0170. The van der Waals surface area contributed by atoms with Gasteiger partial charge < -0.3 is 20.3 Å². The van der Waals surface area contributed by atoms with Crippen LogP contribution >= 0.6 is 0 Å². The first-order chi connectivity index (χ1) is 27.0. The molecule has 1 amide bonds. The van der Waals surface area contributed by atoms with Crippen molar-refractivity contribution >= 4 is 11.9 Å². The molecule has 0 radical (unpaired) electrons. The minimum Gasteiger partial charge on any atom is -0.466 e. The van der Waals surface area contributed by atoms with Gasteiger partial charge in [-0.1, -0.05) is 204 Å². The van der Waals surface area contributed by atoms with Gasteiger partial charge in [-0.05, 0) is 57.8 Å². The van der Waals surface area contributed by atoms with Gasteiger partial charge in [-0.15, -0.1) is 0 Å². The van der Waals surface area contributed by atoms with Crippen LogP contribution in [0, 0.1) is 0 Å². The number of ether oxygens (including phenoxy) is 1. The Morgan fingerprint density at radius 3 is 1.45 bits per heavy atom. The number of allylic oxidation sites excluding steroid dienone is 5. The van der Waals surface area contributed by atoms with Crippen molar-refractivity contribution in [2.75, 3.05) is 13.2 Å². The van der Waals surface area contributed by atoms with E-state index < -0.39 is 12.1 Å². The topological polar surface area (TPSA) is 95.9 Å². The highest BCUT2D eigenvalue weighted by atomic mass is 16.5. The Labute approximate surface area is 341 Å². The zero-order valence-electron chi connectivity index (χ0n) is 36.4. The number of aliphatic hydroxyl groups excluding tert-OH is 2. The lowest BCUT2D eigenvalue weighted by Crippen LogP contribution is -2.45. The lowest BCUT2D eigenvalue weighted by molar-refractivity contribution is -0.143. The SMILES string of the molecule is CCC/C=C\C/C=C\CCCCCCCC(=O)OCCCCCCCCCCCCCCCCCC(=O)NC(CO)C(O)/C=C/CCCCCCCCCC. The number of nitrogens with one attached hydrogen (secondary N) is 1. The van der Waals surface area contributed by atoms with Crippen molar-refractivity contribution in [1.29, 1.82) is 0 Å². The molecule has 0 aromatic heterocycles. The van der Waals surface area contributed by atoms with E-state index in [-0.39, 0.29) is 18.5 Å². The largest absolute Gasteiger partial charge is 0.466 e. The molecule has 0 aliphatic carbocycles. The molecule has 0 spiro atoms. The van der Waals surface area contributed by atoms with E-state index in [2.05, 4.69) is 43.5 Å². The Hall–Kier alpha value is -1.92. The van der Waals surface area contributed by atoms with Crippen molar-refractivity contribution in [3.63, 3.8) is 0 Å². The quantitative estimate of drug-likeness (QED) is 0.0326. The van der Waals surface area contributed by atoms with E-state index in [1.54, 1.807) is 6.08 Å². The Kier molecular flexibility index (Phi) is 43.2. The fourth-order valence-electron chi connectivity index (χ4n) is 6.96. The maximum Gasteiger partial charge on any atom is 0.305 e. The van der Waals surface area contributed by atoms with Crippen LogP contribution in [-0.4, -0.2) is 47.4 Å². The molecule has 322 valence electrons. The van der Waals surface area contributed by atoms with Gasteiger partial charge in [-0.25, -0.2) is 0 Å². The number of hydrogen-bond acceptors (Lipinski definition) is 5. The van der Waals surface area contributed by atoms with Gasteiger partial charge in [0.2, 0.25) is 5.91 Å². The van der Waals surface area contributed by atoms with Crippen LogP contribution in [0.5, 0.6) is 0 Å². The summed E-state index contributed by atoms with van der Waals surface area (Å²) in [6.45, 7) is 4.78. The van der Waals surface area contributed by atoms with Gasteiger partial charge in [0.05, 0.1) is 25.4 Å². The average Bonchev–Trinajstić information content (AvgIpc) is 3.18. The van der Waals surface area contributed by atoms with Crippen LogP contribution in [0.4, 0.5) is 0 Å². The molecule has 0 saturated heterocycles. The summed E-state index contributed by atoms with van der Waals surface area (Å²) in [6, 6.07) is -0.633. The van der Waals surface area contributed by atoms with Gasteiger partial charge in [-0.3, -0.25) is 9.59 Å². The standard InChI is InChI=1S/C49H91NO5/c1-3-5-7-9-11-13-15-19-23-27-31-35-39-43-49(54)55-44-40-36-32-28-24-21-18-16-17-20-22-26-30-34-38-42-48(53)50-46(45-51)47(52)41-37-33-29-25-14-12-10-8-6-4-2/h7,9,13,15,37,41,46-47,51-52H,3-6,8,10-12,14,16-36,38-40,42-45H2,1-2H3,(H,50,53)/b9-7-,15-13-,41-37+. The van der Waals surface area contributed by atoms with Crippen LogP contribution in [0.1, 0.15) is 239 Å². The second-order valence-corrected chi connectivity index (χ2v) is 16.1. The van der Waals surface area contributed by atoms with E-state index in [1.807, 2.05) is 6.08 Å². The molecule has 2 atom stereocenters. The minimum atomic E-state index is -0.848. The van der Waals surface area contributed by atoms with Crippen molar-refractivity contribution < 1.29 is 24.5 Å². The molecule has 0 aromatic rings. The normalized spacial score (nSPS) is 13.0. The van der Waals surface area contributed by atoms with Gasteiger partial charge in [0, 0.05) is 12.8 Å². The molecule has 3 N–H and O–H groups in total. The van der Waals surface area contributed by atoms with Crippen LogP contribution in [0.2, 0.25) is 0 Å². The summed E-state index contributed by atoms with van der Waals surface area (Å²) in [4.78, 5) is 24.3. The van der Waals surface area contributed by atoms with Gasteiger partial charge in [0.15, 0.2) is 0 Å². The van der Waals surface area contributed by atoms with E-state index in [4.69, 9.17) is 4.74 Å². The first-order valence-electron chi connectivity index (χ1n) is 23.8. The molecule has 0 bridgehead atoms. The van der Waals surface area contributed by atoms with Gasteiger partial charge >= 0.3 is 5.97 Å². The van der Waals surface area contributed by atoms with E-state index in [1.165, 1.54) is 148 Å². The average molecular weight is 774 g/mol. The molecular formula is C49H91NO5. The zero-order chi connectivity index (χ0) is 40.1.